The van der Waals surface area contributed by atoms with Crippen molar-refractivity contribution in [1.82, 2.24) is 20.7 Å². The van der Waals surface area contributed by atoms with Crippen LogP contribution in [0.1, 0.15) is 100.0 Å². The maximum Gasteiger partial charge on any atom is 0.422 e. The molecule has 0 radical (unpaired) electrons. The first-order valence-electron chi connectivity index (χ1n) is 14.2. The molecule has 0 bridgehead atoms. The molecule has 2 aromatic heterocycles. The van der Waals surface area contributed by atoms with Crippen LogP contribution < -0.4 is 10.1 Å². The van der Waals surface area contributed by atoms with E-state index in [-0.39, 0.29) is 5.56 Å². The molecule has 0 spiro atoms. The molecule has 232 valence electrons. The van der Waals surface area contributed by atoms with Crippen LogP contribution in [0.25, 0.3) is 11.1 Å². The van der Waals surface area contributed by atoms with Gasteiger partial charge in [0, 0.05) is 16.7 Å². The lowest BCUT2D eigenvalue weighted by atomic mass is 10.1. The average Bonchev–Trinajstić information content (AvgIpc) is 3.43. The highest BCUT2D eigenvalue weighted by Crippen LogP contribution is 2.30. The van der Waals surface area contributed by atoms with Crippen LogP contribution in [0.15, 0.2) is 40.9 Å². The van der Waals surface area contributed by atoms with Gasteiger partial charge in [0.15, 0.2) is 18.1 Å². The van der Waals surface area contributed by atoms with Gasteiger partial charge in [-0.1, -0.05) is 94.6 Å². The van der Waals surface area contributed by atoms with Gasteiger partial charge in [-0.25, -0.2) is 4.79 Å². The summed E-state index contributed by atoms with van der Waals surface area (Å²) < 4.78 is 46.6. The summed E-state index contributed by atoms with van der Waals surface area (Å²) in [7, 11) is 0. The van der Waals surface area contributed by atoms with Crippen molar-refractivity contribution in [2.75, 3.05) is 13.2 Å². The van der Waals surface area contributed by atoms with Crippen molar-refractivity contribution >= 4 is 17.6 Å². The number of unbranched alkanes of at least 4 members (excludes halogenated alkanes) is 7. The zero-order chi connectivity index (χ0) is 31.0. The average molecular weight is 613 g/mol. The number of alkyl halides is 3. The summed E-state index contributed by atoms with van der Waals surface area (Å²) in [5.74, 6) is -0.372. The van der Waals surface area contributed by atoms with Gasteiger partial charge in [-0.05, 0) is 42.6 Å². The number of rotatable bonds is 16. The van der Waals surface area contributed by atoms with Gasteiger partial charge in [-0.15, -0.1) is 10.2 Å². The number of aromatic carboxylic acids is 1. The fourth-order valence-corrected chi connectivity index (χ4v) is 3.98. The maximum absolute atomic E-state index is 12.3. The second-order valence-electron chi connectivity index (χ2n) is 10.2. The molecule has 0 atom stereocenters. The molecule has 12 heteroatoms. The summed E-state index contributed by atoms with van der Waals surface area (Å²) in [5, 5.41) is 23.6. The molecule has 42 heavy (non-hydrogen) atoms. The van der Waals surface area contributed by atoms with E-state index < -0.39 is 30.3 Å². The van der Waals surface area contributed by atoms with Gasteiger partial charge in [0.05, 0.1) is 12.2 Å². The second-order valence-corrected chi connectivity index (χ2v) is 10.6. The molecule has 3 rings (SSSR count). The molecule has 1 aromatic carbocycles. The monoisotopic (exact) mass is 612 g/mol. The molecule has 0 aliphatic rings. The van der Waals surface area contributed by atoms with Crippen LogP contribution in [0.2, 0.25) is 5.02 Å². The van der Waals surface area contributed by atoms with E-state index in [2.05, 4.69) is 52.2 Å². The van der Waals surface area contributed by atoms with E-state index in [4.69, 9.17) is 21.2 Å². The van der Waals surface area contributed by atoms with Crippen LogP contribution >= 0.6 is 11.6 Å². The number of ether oxygens (including phenoxy) is 1. The lowest BCUT2D eigenvalue weighted by Gasteiger charge is -2.12. The van der Waals surface area contributed by atoms with Gasteiger partial charge in [-0.3, -0.25) is 0 Å². The normalized spacial score (nSPS) is 11.3. The third kappa shape index (κ3) is 13.7. The van der Waals surface area contributed by atoms with E-state index >= 15 is 0 Å². The summed E-state index contributed by atoms with van der Waals surface area (Å²) in [4.78, 5) is 10.9. The molecule has 0 saturated carbocycles. The van der Waals surface area contributed by atoms with Gasteiger partial charge >= 0.3 is 12.1 Å². The Bertz CT molecular complexity index is 1200. The number of halogens is 4. The summed E-state index contributed by atoms with van der Waals surface area (Å²) in [6, 6.07) is 9.17. The van der Waals surface area contributed by atoms with Gasteiger partial charge in [0.25, 0.3) is 0 Å². The zero-order valence-electron chi connectivity index (χ0n) is 24.3. The number of nitrogens with zero attached hydrogens (tertiary/aromatic N) is 3. The Morgan fingerprint density at radius 3 is 2.24 bits per heavy atom. The van der Waals surface area contributed by atoms with Gasteiger partial charge in [0.1, 0.15) is 0 Å². The van der Waals surface area contributed by atoms with Crippen molar-refractivity contribution in [1.29, 1.82) is 0 Å². The van der Waals surface area contributed by atoms with E-state index in [1.54, 1.807) is 0 Å². The zero-order valence-corrected chi connectivity index (χ0v) is 25.1. The number of benzene rings is 1. The Morgan fingerprint density at radius 1 is 1.02 bits per heavy atom. The molecule has 0 unspecified atom stereocenters. The number of carboxylic acids is 1. The maximum atomic E-state index is 12.3. The molecule has 0 aliphatic heterocycles. The Hall–Kier alpha value is -3.18. The van der Waals surface area contributed by atoms with Crippen molar-refractivity contribution < 1.29 is 32.3 Å². The predicted molar refractivity (Wildman–Crippen MR) is 156 cm³/mol. The number of hydrogen-bond donors (Lipinski definition) is 2. The van der Waals surface area contributed by atoms with Crippen molar-refractivity contribution in [3.63, 3.8) is 0 Å². The third-order valence-electron chi connectivity index (χ3n) is 6.18. The SMILES string of the molecule is CCCCCCCCCCNCc1cc(C(C)C)no1.O=C(O)c1cc(-c2ccc(Cl)cc2)c(OCC(F)(F)F)nn1. The van der Waals surface area contributed by atoms with E-state index in [1.807, 2.05) is 0 Å². The fourth-order valence-electron chi connectivity index (χ4n) is 3.86. The van der Waals surface area contributed by atoms with Crippen molar-refractivity contribution in [3.05, 3.63) is 58.6 Å². The highest BCUT2D eigenvalue weighted by Gasteiger charge is 2.29. The van der Waals surface area contributed by atoms with Crippen molar-refractivity contribution in [2.45, 2.75) is 90.8 Å². The molecule has 3 aromatic rings. The van der Waals surface area contributed by atoms with Gasteiger partial charge in [-0.2, -0.15) is 13.2 Å². The standard InChI is InChI=1S/C17H32N2O.C13H8ClF3N2O3/c1-4-5-6-7-8-9-10-11-12-18-14-16-13-17(15(2)3)19-20-16;14-8-3-1-7(2-4-8)9-5-10(12(20)21)18-19-11(9)22-6-13(15,16)17/h13,15,18H,4-12,14H2,1-3H3;1-5H,6H2,(H,20,21). The smallest absolute Gasteiger partial charge is 0.422 e. The highest BCUT2D eigenvalue weighted by atomic mass is 35.5. The molecule has 0 aliphatic carbocycles. The first-order chi connectivity index (χ1) is 20.0. The predicted octanol–water partition coefficient (Wildman–Crippen LogP) is 8.46. The number of nitrogens with one attached hydrogen (secondary N) is 1. The van der Waals surface area contributed by atoms with Crippen LogP contribution in [-0.4, -0.2) is 45.8 Å². The third-order valence-corrected chi connectivity index (χ3v) is 6.43. The minimum absolute atomic E-state index is 0.0771. The molecule has 2 N–H and O–H groups in total. The van der Waals surface area contributed by atoms with Crippen LogP contribution in [0, 0.1) is 0 Å². The van der Waals surface area contributed by atoms with Crippen LogP contribution in [-0.2, 0) is 6.54 Å². The minimum atomic E-state index is -4.55. The number of hydrogen-bond acceptors (Lipinski definition) is 7. The lowest BCUT2D eigenvalue weighted by molar-refractivity contribution is -0.154. The second kappa shape index (κ2) is 18.4. The molecule has 8 nitrogen and oxygen atoms in total. The summed E-state index contributed by atoms with van der Waals surface area (Å²) in [5.41, 5.74) is 1.12. The van der Waals surface area contributed by atoms with Crippen molar-refractivity contribution in [2.24, 2.45) is 0 Å². The first kappa shape index (κ1) is 35.0. The largest absolute Gasteiger partial charge is 0.476 e. The minimum Gasteiger partial charge on any atom is -0.476 e. The molecule has 2 heterocycles. The van der Waals surface area contributed by atoms with Crippen LogP contribution in [0.4, 0.5) is 13.2 Å². The lowest BCUT2D eigenvalue weighted by Crippen LogP contribution is -2.20. The highest BCUT2D eigenvalue weighted by molar-refractivity contribution is 6.30. The number of carboxylic acid groups (broad SMARTS) is 1. The molecular weight excluding hydrogens is 573 g/mol. The molecule has 0 fully saturated rings. The Morgan fingerprint density at radius 2 is 1.67 bits per heavy atom. The molecule has 0 amide bonds. The van der Waals surface area contributed by atoms with E-state index in [1.165, 1.54) is 75.6 Å². The Kier molecular flexibility index (Phi) is 15.3. The van der Waals surface area contributed by atoms with E-state index in [0.29, 0.717) is 16.5 Å². The van der Waals surface area contributed by atoms with Crippen LogP contribution in [0.3, 0.4) is 0 Å². The van der Waals surface area contributed by atoms with Crippen LogP contribution in [0.5, 0.6) is 5.88 Å². The summed E-state index contributed by atoms with van der Waals surface area (Å²) >= 11 is 5.74. The Balaban J connectivity index is 0.000000295. The Labute approximate surface area is 250 Å². The summed E-state index contributed by atoms with van der Waals surface area (Å²) in [6.07, 6.45) is 6.40. The number of carbonyl (C=O) groups is 1. The topological polar surface area (TPSA) is 110 Å². The molecular formula is C30H40ClF3N4O4. The fraction of sp³-hybridized carbons (Fsp3) is 0.533. The van der Waals surface area contributed by atoms with E-state index in [0.717, 1.165) is 30.6 Å². The van der Waals surface area contributed by atoms with Crippen molar-refractivity contribution in [3.8, 4) is 17.0 Å². The first-order valence-corrected chi connectivity index (χ1v) is 14.6. The van der Waals surface area contributed by atoms with E-state index in [9.17, 15) is 18.0 Å². The summed E-state index contributed by atoms with van der Waals surface area (Å²) in [6.45, 7) is 6.85. The van der Waals surface area contributed by atoms with Gasteiger partial charge in [0.2, 0.25) is 5.88 Å². The van der Waals surface area contributed by atoms with Gasteiger partial charge < -0.3 is 19.7 Å². The number of aromatic nitrogens is 3. The quantitative estimate of drug-likeness (QED) is 0.155. The molecule has 0 saturated heterocycles.